The Kier molecular flexibility index (Phi) is 3.47. The van der Waals surface area contributed by atoms with Gasteiger partial charge in [0.1, 0.15) is 0 Å². The molecule has 13 heavy (non-hydrogen) atoms. The maximum absolute atomic E-state index is 6.01. The van der Waals surface area contributed by atoms with Crippen molar-refractivity contribution in [3.8, 4) is 0 Å². The molecule has 0 bridgehead atoms. The highest BCUT2D eigenvalue weighted by atomic mass is 79.9. The van der Waals surface area contributed by atoms with Crippen molar-refractivity contribution in [2.24, 2.45) is 5.73 Å². The molecule has 0 aliphatic heterocycles. The molecule has 0 aromatic heterocycles. The minimum Gasteiger partial charge on any atom is -0.312 e. The Balaban J connectivity index is 3.05. The summed E-state index contributed by atoms with van der Waals surface area (Å²) < 4.78 is 1.07. The lowest BCUT2D eigenvalue weighted by Crippen LogP contribution is -2.28. The van der Waals surface area contributed by atoms with Gasteiger partial charge in [-0.25, -0.2) is 0 Å². The van der Waals surface area contributed by atoms with Gasteiger partial charge < -0.3 is 5.73 Å². The van der Waals surface area contributed by atoms with Crippen LogP contribution >= 0.6 is 15.9 Å². The molecule has 1 aromatic rings. The van der Waals surface area contributed by atoms with Gasteiger partial charge in [0.25, 0.3) is 0 Å². The van der Waals surface area contributed by atoms with Crippen molar-refractivity contribution in [1.82, 2.24) is 4.90 Å². The normalized spacial score (nSPS) is 13.4. The summed E-state index contributed by atoms with van der Waals surface area (Å²) in [7, 11) is 3.95. The fraction of sp³-hybridized carbons (Fsp3) is 0.400. The highest BCUT2D eigenvalue weighted by molar-refractivity contribution is 9.10. The number of nitrogens with two attached hydrogens (primary N) is 1. The van der Waals surface area contributed by atoms with Gasteiger partial charge in [-0.2, -0.15) is 0 Å². The average molecular weight is 243 g/mol. The average Bonchev–Trinajstić information content (AvgIpc) is 2.08. The van der Waals surface area contributed by atoms with Crippen LogP contribution in [0.2, 0.25) is 0 Å². The molecule has 2 nitrogen and oxygen atoms in total. The van der Waals surface area contributed by atoms with Crippen LogP contribution in [0.25, 0.3) is 0 Å². The number of nitrogens with zero attached hydrogens (tertiary/aromatic N) is 1. The molecule has 0 spiro atoms. The van der Waals surface area contributed by atoms with Gasteiger partial charge in [-0.3, -0.25) is 4.90 Å². The van der Waals surface area contributed by atoms with Crippen LogP contribution in [0, 0.1) is 6.92 Å². The molecule has 72 valence electrons. The molecular weight excluding hydrogens is 228 g/mol. The fourth-order valence-corrected chi connectivity index (χ4v) is 1.59. The van der Waals surface area contributed by atoms with E-state index in [2.05, 4.69) is 35.0 Å². The van der Waals surface area contributed by atoms with E-state index in [1.807, 2.05) is 25.1 Å². The Bertz CT molecular complexity index is 297. The zero-order valence-corrected chi connectivity index (χ0v) is 9.80. The van der Waals surface area contributed by atoms with Crippen LogP contribution in [0.3, 0.4) is 0 Å². The first-order chi connectivity index (χ1) is 6.02. The number of rotatable bonds is 2. The van der Waals surface area contributed by atoms with Crippen molar-refractivity contribution in [2.75, 3.05) is 14.1 Å². The van der Waals surface area contributed by atoms with E-state index in [4.69, 9.17) is 5.73 Å². The van der Waals surface area contributed by atoms with E-state index in [1.54, 1.807) is 0 Å². The van der Waals surface area contributed by atoms with Gasteiger partial charge in [-0.15, -0.1) is 0 Å². The Morgan fingerprint density at radius 2 is 2.00 bits per heavy atom. The van der Waals surface area contributed by atoms with Crippen molar-refractivity contribution in [3.63, 3.8) is 0 Å². The molecular formula is C10H15BrN2. The molecule has 0 heterocycles. The van der Waals surface area contributed by atoms with Crippen molar-refractivity contribution in [2.45, 2.75) is 13.1 Å². The highest BCUT2D eigenvalue weighted by Crippen LogP contribution is 2.21. The predicted molar refractivity (Wildman–Crippen MR) is 59.5 cm³/mol. The van der Waals surface area contributed by atoms with E-state index in [9.17, 15) is 0 Å². The lowest BCUT2D eigenvalue weighted by molar-refractivity contribution is 0.306. The van der Waals surface area contributed by atoms with Crippen LogP contribution < -0.4 is 5.73 Å². The van der Waals surface area contributed by atoms with Crippen molar-refractivity contribution >= 4 is 15.9 Å². The maximum Gasteiger partial charge on any atom is 0.0833 e. The minimum atomic E-state index is -0.0301. The third-order valence-electron chi connectivity index (χ3n) is 2.12. The van der Waals surface area contributed by atoms with Crippen LogP contribution in [-0.2, 0) is 0 Å². The molecule has 0 fully saturated rings. The summed E-state index contributed by atoms with van der Waals surface area (Å²) in [5, 5.41) is 0. The van der Waals surface area contributed by atoms with Crippen molar-refractivity contribution < 1.29 is 0 Å². The number of aryl methyl sites for hydroxylation is 1. The van der Waals surface area contributed by atoms with E-state index in [0.717, 1.165) is 4.47 Å². The summed E-state index contributed by atoms with van der Waals surface area (Å²) in [5.74, 6) is 0. The number of hydrogen-bond donors (Lipinski definition) is 1. The topological polar surface area (TPSA) is 29.3 Å². The Morgan fingerprint density at radius 1 is 1.38 bits per heavy atom. The van der Waals surface area contributed by atoms with Crippen molar-refractivity contribution in [3.05, 3.63) is 33.8 Å². The minimum absolute atomic E-state index is 0.0301. The molecule has 1 aromatic carbocycles. The second-order valence-corrected chi connectivity index (χ2v) is 4.33. The Hall–Kier alpha value is -0.380. The summed E-state index contributed by atoms with van der Waals surface area (Å²) in [6.07, 6.45) is -0.0301. The molecule has 2 N–H and O–H groups in total. The molecule has 0 aliphatic carbocycles. The van der Waals surface area contributed by atoms with Gasteiger partial charge in [0.05, 0.1) is 6.17 Å². The molecule has 1 rings (SSSR count). The molecule has 0 aliphatic rings. The molecule has 3 heteroatoms. The highest BCUT2D eigenvalue weighted by Gasteiger charge is 2.10. The third-order valence-corrected chi connectivity index (χ3v) is 2.61. The maximum atomic E-state index is 6.01. The van der Waals surface area contributed by atoms with Crippen LogP contribution in [0.4, 0.5) is 0 Å². The van der Waals surface area contributed by atoms with Crippen LogP contribution in [0.1, 0.15) is 17.3 Å². The summed E-state index contributed by atoms with van der Waals surface area (Å²) in [6.45, 7) is 2.07. The fourth-order valence-electron chi connectivity index (χ4n) is 1.21. The number of halogens is 1. The van der Waals surface area contributed by atoms with E-state index < -0.39 is 0 Å². The van der Waals surface area contributed by atoms with E-state index >= 15 is 0 Å². The van der Waals surface area contributed by atoms with Gasteiger partial charge in [0, 0.05) is 4.47 Å². The predicted octanol–water partition coefficient (Wildman–Crippen LogP) is 2.28. The molecule has 1 unspecified atom stereocenters. The summed E-state index contributed by atoms with van der Waals surface area (Å²) in [5.41, 5.74) is 8.40. The second-order valence-electron chi connectivity index (χ2n) is 3.41. The summed E-state index contributed by atoms with van der Waals surface area (Å²) in [4.78, 5) is 1.99. The van der Waals surface area contributed by atoms with E-state index in [1.165, 1.54) is 11.1 Å². The SMILES string of the molecule is Cc1ccc(Br)cc1C(N)N(C)C. The molecule has 0 radical (unpaired) electrons. The Morgan fingerprint density at radius 3 is 2.54 bits per heavy atom. The number of benzene rings is 1. The van der Waals surface area contributed by atoms with E-state index in [-0.39, 0.29) is 6.17 Å². The van der Waals surface area contributed by atoms with E-state index in [0.29, 0.717) is 0 Å². The van der Waals surface area contributed by atoms with Gasteiger partial charge in [-0.1, -0.05) is 22.0 Å². The lowest BCUT2D eigenvalue weighted by Gasteiger charge is -2.21. The van der Waals surface area contributed by atoms with Crippen molar-refractivity contribution in [1.29, 1.82) is 0 Å². The molecule has 0 amide bonds. The van der Waals surface area contributed by atoms with Gasteiger partial charge in [-0.05, 0) is 44.3 Å². The standard InChI is InChI=1S/C10H15BrN2/c1-7-4-5-8(11)6-9(7)10(12)13(2)3/h4-6,10H,12H2,1-3H3. The molecule has 0 saturated heterocycles. The lowest BCUT2D eigenvalue weighted by atomic mass is 10.1. The van der Waals surface area contributed by atoms with Gasteiger partial charge >= 0.3 is 0 Å². The largest absolute Gasteiger partial charge is 0.312 e. The zero-order chi connectivity index (χ0) is 10.0. The van der Waals surface area contributed by atoms with Crippen LogP contribution in [-0.4, -0.2) is 19.0 Å². The second kappa shape index (κ2) is 4.22. The molecule has 1 atom stereocenters. The third kappa shape index (κ3) is 2.53. The monoisotopic (exact) mass is 242 g/mol. The first-order valence-electron chi connectivity index (χ1n) is 4.20. The van der Waals surface area contributed by atoms with Gasteiger partial charge in [0.15, 0.2) is 0 Å². The zero-order valence-electron chi connectivity index (χ0n) is 8.21. The first-order valence-corrected chi connectivity index (χ1v) is 4.99. The van der Waals surface area contributed by atoms with Crippen LogP contribution in [0.15, 0.2) is 22.7 Å². The smallest absolute Gasteiger partial charge is 0.0833 e. The summed E-state index contributed by atoms with van der Waals surface area (Å²) >= 11 is 3.44. The quantitative estimate of drug-likeness (QED) is 0.807. The van der Waals surface area contributed by atoms with Crippen LogP contribution in [0.5, 0.6) is 0 Å². The summed E-state index contributed by atoms with van der Waals surface area (Å²) in [6, 6.07) is 6.17. The first kappa shape index (κ1) is 10.7. The number of hydrogen-bond acceptors (Lipinski definition) is 2. The van der Waals surface area contributed by atoms with Gasteiger partial charge in [0.2, 0.25) is 0 Å². The molecule has 0 saturated carbocycles. The Labute approximate surface area is 87.9 Å².